The van der Waals surface area contributed by atoms with Crippen molar-refractivity contribution in [3.8, 4) is 0 Å². The Kier molecular flexibility index (Phi) is 5.41. The van der Waals surface area contributed by atoms with Crippen LogP contribution in [-0.4, -0.2) is 30.1 Å². The molecule has 0 saturated heterocycles. The van der Waals surface area contributed by atoms with Gasteiger partial charge in [-0.25, -0.2) is 4.79 Å². The van der Waals surface area contributed by atoms with E-state index in [1.165, 1.54) is 5.56 Å². The van der Waals surface area contributed by atoms with Gasteiger partial charge in [0.1, 0.15) is 6.04 Å². The van der Waals surface area contributed by atoms with Gasteiger partial charge in [0.2, 0.25) is 5.91 Å². The Bertz CT molecular complexity index is 518. The van der Waals surface area contributed by atoms with Crippen LogP contribution in [0.3, 0.4) is 0 Å². The van der Waals surface area contributed by atoms with Crippen LogP contribution in [0.5, 0.6) is 0 Å². The molecule has 0 spiro atoms. The highest BCUT2D eigenvalue weighted by Gasteiger charge is 2.39. The SMILES string of the molecule is CC[C@H](C)NC(=O)[C@H](C)NC(=O)N[C@@H]1C[C@H]1c1ccccc1. The Morgan fingerprint density at radius 2 is 1.86 bits per heavy atom. The smallest absolute Gasteiger partial charge is 0.315 e. The van der Waals surface area contributed by atoms with E-state index in [1.807, 2.05) is 32.0 Å². The fraction of sp³-hybridized carbons (Fsp3) is 0.529. The highest BCUT2D eigenvalue weighted by atomic mass is 16.2. The number of rotatable bonds is 6. The zero-order valence-electron chi connectivity index (χ0n) is 13.4. The summed E-state index contributed by atoms with van der Waals surface area (Å²) in [6, 6.07) is 9.60. The largest absolute Gasteiger partial charge is 0.352 e. The molecule has 0 aromatic heterocycles. The van der Waals surface area contributed by atoms with Crippen LogP contribution in [0, 0.1) is 0 Å². The molecule has 0 unspecified atom stereocenters. The highest BCUT2D eigenvalue weighted by molar-refractivity contribution is 5.87. The Morgan fingerprint density at radius 1 is 1.18 bits per heavy atom. The minimum absolute atomic E-state index is 0.116. The van der Waals surface area contributed by atoms with Crippen molar-refractivity contribution in [2.24, 2.45) is 0 Å². The fourth-order valence-electron chi connectivity index (χ4n) is 2.37. The summed E-state index contributed by atoms with van der Waals surface area (Å²) in [5, 5.41) is 8.47. The second kappa shape index (κ2) is 7.29. The molecule has 2 rings (SSSR count). The second-order valence-corrected chi connectivity index (χ2v) is 6.02. The summed E-state index contributed by atoms with van der Waals surface area (Å²) in [7, 11) is 0. The molecule has 0 radical (unpaired) electrons. The number of urea groups is 1. The number of benzene rings is 1. The maximum atomic E-state index is 11.9. The minimum atomic E-state index is -0.539. The third-order valence-electron chi connectivity index (χ3n) is 4.08. The number of carbonyl (C=O) groups excluding carboxylic acids is 2. The molecule has 1 aliphatic carbocycles. The molecule has 22 heavy (non-hydrogen) atoms. The maximum absolute atomic E-state index is 11.9. The molecular formula is C17H25N3O2. The first-order valence-corrected chi connectivity index (χ1v) is 7.93. The topological polar surface area (TPSA) is 70.2 Å². The molecular weight excluding hydrogens is 278 g/mol. The minimum Gasteiger partial charge on any atom is -0.352 e. The maximum Gasteiger partial charge on any atom is 0.315 e. The number of nitrogens with one attached hydrogen (secondary N) is 3. The van der Waals surface area contributed by atoms with Gasteiger partial charge in [-0.3, -0.25) is 4.79 Å². The first-order valence-electron chi connectivity index (χ1n) is 7.93. The van der Waals surface area contributed by atoms with Gasteiger partial charge >= 0.3 is 6.03 Å². The molecule has 3 N–H and O–H groups in total. The summed E-state index contributed by atoms with van der Waals surface area (Å²) in [5.41, 5.74) is 1.25. The molecule has 1 saturated carbocycles. The Hall–Kier alpha value is -2.04. The lowest BCUT2D eigenvalue weighted by Crippen LogP contribution is -2.50. The van der Waals surface area contributed by atoms with Gasteiger partial charge in [0.15, 0.2) is 0 Å². The van der Waals surface area contributed by atoms with Crippen LogP contribution < -0.4 is 16.0 Å². The first kappa shape index (κ1) is 16.3. The lowest BCUT2D eigenvalue weighted by Gasteiger charge is -2.17. The highest BCUT2D eigenvalue weighted by Crippen LogP contribution is 2.40. The zero-order chi connectivity index (χ0) is 16.1. The van der Waals surface area contributed by atoms with E-state index < -0.39 is 6.04 Å². The van der Waals surface area contributed by atoms with Crippen LogP contribution in [-0.2, 0) is 4.79 Å². The number of carbonyl (C=O) groups is 2. The van der Waals surface area contributed by atoms with Gasteiger partial charge in [0, 0.05) is 18.0 Å². The number of hydrogen-bond acceptors (Lipinski definition) is 2. The summed E-state index contributed by atoms with van der Waals surface area (Å²) in [5.74, 6) is 0.233. The standard InChI is InChI=1S/C17H25N3O2/c1-4-11(2)18-16(21)12(3)19-17(22)20-15-10-14(15)13-8-6-5-7-9-13/h5-9,11-12,14-15H,4,10H2,1-3H3,(H,18,21)(H2,19,20,22)/t11-,12-,14-,15+/m0/s1. The van der Waals surface area contributed by atoms with E-state index in [0.29, 0.717) is 5.92 Å². The number of hydrogen-bond donors (Lipinski definition) is 3. The Balaban J connectivity index is 1.74. The van der Waals surface area contributed by atoms with E-state index in [4.69, 9.17) is 0 Å². The fourth-order valence-corrected chi connectivity index (χ4v) is 2.37. The predicted molar refractivity (Wildman–Crippen MR) is 86.6 cm³/mol. The average Bonchev–Trinajstić information content (AvgIpc) is 3.26. The molecule has 0 bridgehead atoms. The molecule has 1 aromatic rings. The molecule has 0 aliphatic heterocycles. The van der Waals surface area contributed by atoms with Crippen LogP contribution in [0.15, 0.2) is 30.3 Å². The van der Waals surface area contributed by atoms with Gasteiger partial charge < -0.3 is 16.0 Å². The second-order valence-electron chi connectivity index (χ2n) is 6.02. The van der Waals surface area contributed by atoms with Crippen molar-refractivity contribution in [2.75, 3.05) is 0 Å². The molecule has 0 heterocycles. The average molecular weight is 303 g/mol. The summed E-state index contributed by atoms with van der Waals surface area (Å²) < 4.78 is 0. The van der Waals surface area contributed by atoms with E-state index in [9.17, 15) is 9.59 Å². The van der Waals surface area contributed by atoms with E-state index in [-0.39, 0.29) is 24.0 Å². The van der Waals surface area contributed by atoms with Gasteiger partial charge in [-0.15, -0.1) is 0 Å². The summed E-state index contributed by atoms with van der Waals surface area (Å²) in [6.07, 6.45) is 1.82. The Morgan fingerprint density at radius 3 is 2.50 bits per heavy atom. The van der Waals surface area contributed by atoms with Crippen molar-refractivity contribution in [1.29, 1.82) is 0 Å². The number of amides is 3. The van der Waals surface area contributed by atoms with E-state index >= 15 is 0 Å². The Labute approximate surface area is 131 Å². The zero-order valence-corrected chi connectivity index (χ0v) is 13.4. The van der Waals surface area contributed by atoms with Crippen LogP contribution in [0.25, 0.3) is 0 Å². The molecule has 4 atom stereocenters. The van der Waals surface area contributed by atoms with Crippen molar-refractivity contribution < 1.29 is 9.59 Å². The van der Waals surface area contributed by atoms with Gasteiger partial charge in [-0.05, 0) is 32.3 Å². The summed E-state index contributed by atoms with van der Waals surface area (Å²) in [6.45, 7) is 5.64. The van der Waals surface area contributed by atoms with Crippen LogP contribution in [0.4, 0.5) is 4.79 Å². The molecule has 5 nitrogen and oxygen atoms in total. The van der Waals surface area contributed by atoms with Crippen molar-refractivity contribution in [2.45, 2.75) is 57.7 Å². The van der Waals surface area contributed by atoms with E-state index in [2.05, 4.69) is 28.1 Å². The molecule has 1 fully saturated rings. The molecule has 3 amide bonds. The van der Waals surface area contributed by atoms with Crippen molar-refractivity contribution in [3.05, 3.63) is 35.9 Å². The van der Waals surface area contributed by atoms with Gasteiger partial charge in [0.25, 0.3) is 0 Å². The van der Waals surface area contributed by atoms with Crippen LogP contribution >= 0.6 is 0 Å². The van der Waals surface area contributed by atoms with Crippen molar-refractivity contribution >= 4 is 11.9 Å². The molecule has 1 aliphatic rings. The lowest BCUT2D eigenvalue weighted by molar-refractivity contribution is -0.123. The first-order chi connectivity index (χ1) is 10.5. The summed E-state index contributed by atoms with van der Waals surface area (Å²) >= 11 is 0. The third kappa shape index (κ3) is 4.48. The van der Waals surface area contributed by atoms with E-state index in [0.717, 1.165) is 12.8 Å². The normalized spacial score (nSPS) is 22.3. The monoisotopic (exact) mass is 303 g/mol. The van der Waals surface area contributed by atoms with Crippen molar-refractivity contribution in [3.63, 3.8) is 0 Å². The molecule has 1 aromatic carbocycles. The van der Waals surface area contributed by atoms with Gasteiger partial charge in [0.05, 0.1) is 0 Å². The van der Waals surface area contributed by atoms with Crippen LogP contribution in [0.1, 0.15) is 45.1 Å². The van der Waals surface area contributed by atoms with Gasteiger partial charge in [-0.1, -0.05) is 37.3 Å². The van der Waals surface area contributed by atoms with E-state index in [1.54, 1.807) is 6.92 Å². The van der Waals surface area contributed by atoms with Crippen LogP contribution in [0.2, 0.25) is 0 Å². The summed E-state index contributed by atoms with van der Waals surface area (Å²) in [4.78, 5) is 23.8. The lowest BCUT2D eigenvalue weighted by atomic mass is 10.1. The quantitative estimate of drug-likeness (QED) is 0.753. The van der Waals surface area contributed by atoms with Crippen molar-refractivity contribution in [1.82, 2.24) is 16.0 Å². The van der Waals surface area contributed by atoms with Gasteiger partial charge in [-0.2, -0.15) is 0 Å². The molecule has 120 valence electrons. The molecule has 5 heteroatoms. The third-order valence-corrected chi connectivity index (χ3v) is 4.08. The predicted octanol–water partition coefficient (Wildman–Crippen LogP) is 2.14.